The third-order valence-corrected chi connectivity index (χ3v) is 4.87. The average Bonchev–Trinajstić information content (AvgIpc) is 3.02. The SMILES string of the molecule is O=C(CCCN1C(=O)c2ccccc2C1=O)OCC(=O)c1ccc2c(c1)OCCO2. The van der Waals surface area contributed by atoms with Gasteiger partial charge in [-0.1, -0.05) is 12.1 Å². The maximum atomic E-state index is 12.3. The van der Waals surface area contributed by atoms with Gasteiger partial charge in [-0.25, -0.2) is 0 Å². The number of benzene rings is 2. The monoisotopic (exact) mass is 409 g/mol. The van der Waals surface area contributed by atoms with E-state index in [4.69, 9.17) is 14.2 Å². The van der Waals surface area contributed by atoms with E-state index >= 15 is 0 Å². The Morgan fingerprint density at radius 1 is 0.933 bits per heavy atom. The van der Waals surface area contributed by atoms with Gasteiger partial charge in [0.15, 0.2) is 23.9 Å². The smallest absolute Gasteiger partial charge is 0.306 e. The van der Waals surface area contributed by atoms with E-state index in [9.17, 15) is 19.2 Å². The summed E-state index contributed by atoms with van der Waals surface area (Å²) in [6.45, 7) is 0.578. The van der Waals surface area contributed by atoms with E-state index in [1.807, 2.05) is 0 Å². The number of fused-ring (bicyclic) bond motifs is 2. The summed E-state index contributed by atoms with van der Waals surface area (Å²) in [5.74, 6) is -0.601. The summed E-state index contributed by atoms with van der Waals surface area (Å²) in [4.78, 5) is 49.9. The molecule has 0 spiro atoms. The Bertz CT molecular complexity index is 995. The topological polar surface area (TPSA) is 99.2 Å². The average molecular weight is 409 g/mol. The third-order valence-electron chi connectivity index (χ3n) is 4.87. The molecule has 0 unspecified atom stereocenters. The lowest BCUT2D eigenvalue weighted by Gasteiger charge is -2.18. The molecule has 2 aliphatic rings. The van der Waals surface area contributed by atoms with E-state index < -0.39 is 12.6 Å². The molecule has 2 aromatic carbocycles. The maximum absolute atomic E-state index is 12.3. The van der Waals surface area contributed by atoms with Crippen LogP contribution in [0.25, 0.3) is 0 Å². The number of nitrogens with zero attached hydrogens (tertiary/aromatic N) is 1. The van der Waals surface area contributed by atoms with E-state index in [0.717, 1.165) is 4.90 Å². The Balaban J connectivity index is 1.23. The van der Waals surface area contributed by atoms with Gasteiger partial charge >= 0.3 is 5.97 Å². The van der Waals surface area contributed by atoms with Crippen molar-refractivity contribution in [2.24, 2.45) is 0 Å². The molecule has 0 bridgehead atoms. The number of Topliss-reactive ketones (excluding diaryl/α,β-unsaturated/α-hetero) is 1. The van der Waals surface area contributed by atoms with Crippen LogP contribution in [0.1, 0.15) is 43.9 Å². The summed E-state index contributed by atoms with van der Waals surface area (Å²) in [7, 11) is 0. The molecule has 30 heavy (non-hydrogen) atoms. The van der Waals surface area contributed by atoms with Crippen molar-refractivity contribution >= 4 is 23.6 Å². The molecule has 0 aliphatic carbocycles. The number of ketones is 1. The standard InChI is InChI=1S/C22H19NO7/c24-17(14-7-8-18-19(12-14)29-11-10-28-18)13-30-20(25)6-3-9-23-21(26)15-4-1-2-5-16(15)22(23)27/h1-2,4-5,7-8,12H,3,6,9-11,13H2. The van der Waals surface area contributed by atoms with Crippen LogP contribution in [0.2, 0.25) is 0 Å². The number of carbonyl (C=O) groups is 4. The highest BCUT2D eigenvalue weighted by Crippen LogP contribution is 2.30. The summed E-state index contributed by atoms with van der Waals surface area (Å²) >= 11 is 0. The van der Waals surface area contributed by atoms with Crippen LogP contribution in [-0.2, 0) is 9.53 Å². The van der Waals surface area contributed by atoms with Crippen LogP contribution < -0.4 is 9.47 Å². The molecular formula is C22H19NO7. The van der Waals surface area contributed by atoms with Crippen molar-refractivity contribution in [3.05, 3.63) is 59.2 Å². The van der Waals surface area contributed by atoms with Crippen molar-refractivity contribution in [1.82, 2.24) is 4.90 Å². The molecule has 8 nitrogen and oxygen atoms in total. The fourth-order valence-electron chi connectivity index (χ4n) is 3.34. The van der Waals surface area contributed by atoms with Gasteiger partial charge in [0.25, 0.3) is 11.8 Å². The van der Waals surface area contributed by atoms with Crippen LogP contribution in [0.3, 0.4) is 0 Å². The Kier molecular flexibility index (Phi) is 5.47. The highest BCUT2D eigenvalue weighted by molar-refractivity contribution is 6.21. The minimum Gasteiger partial charge on any atom is -0.486 e. The summed E-state index contributed by atoms with van der Waals surface area (Å²) in [6, 6.07) is 11.4. The molecule has 0 saturated heterocycles. The lowest BCUT2D eigenvalue weighted by atomic mass is 10.1. The van der Waals surface area contributed by atoms with E-state index in [0.29, 0.717) is 41.4 Å². The lowest BCUT2D eigenvalue weighted by molar-refractivity contribution is -0.142. The van der Waals surface area contributed by atoms with Gasteiger partial charge in [-0.05, 0) is 36.8 Å². The quantitative estimate of drug-likeness (QED) is 0.393. The summed E-state index contributed by atoms with van der Waals surface area (Å²) in [6.07, 6.45) is 0.240. The van der Waals surface area contributed by atoms with E-state index in [2.05, 4.69) is 0 Å². The zero-order valence-corrected chi connectivity index (χ0v) is 16.1. The Morgan fingerprint density at radius 2 is 1.60 bits per heavy atom. The lowest BCUT2D eigenvalue weighted by Crippen LogP contribution is -2.31. The molecule has 4 rings (SSSR count). The maximum Gasteiger partial charge on any atom is 0.306 e. The van der Waals surface area contributed by atoms with Gasteiger partial charge in [0.2, 0.25) is 0 Å². The molecule has 2 amide bonds. The van der Waals surface area contributed by atoms with Crippen molar-refractivity contribution < 1.29 is 33.4 Å². The van der Waals surface area contributed by atoms with Crippen molar-refractivity contribution in [1.29, 1.82) is 0 Å². The molecular weight excluding hydrogens is 390 g/mol. The first-order valence-electron chi connectivity index (χ1n) is 9.58. The second-order valence-electron chi connectivity index (χ2n) is 6.85. The summed E-state index contributed by atoms with van der Waals surface area (Å²) < 4.78 is 15.9. The highest BCUT2D eigenvalue weighted by Gasteiger charge is 2.34. The van der Waals surface area contributed by atoms with Crippen LogP contribution in [0.15, 0.2) is 42.5 Å². The zero-order chi connectivity index (χ0) is 21.1. The van der Waals surface area contributed by atoms with Crippen LogP contribution in [0.4, 0.5) is 0 Å². The Morgan fingerprint density at radius 3 is 2.30 bits per heavy atom. The first-order chi connectivity index (χ1) is 14.5. The molecule has 0 radical (unpaired) electrons. The van der Waals surface area contributed by atoms with Gasteiger partial charge in [0, 0.05) is 18.5 Å². The summed E-state index contributed by atoms with van der Waals surface area (Å²) in [5, 5.41) is 0. The minimum atomic E-state index is -0.572. The number of rotatable bonds is 7. The third kappa shape index (κ3) is 3.89. The van der Waals surface area contributed by atoms with E-state index in [1.165, 1.54) is 0 Å². The van der Waals surface area contributed by atoms with Crippen LogP contribution in [0.5, 0.6) is 11.5 Å². The number of hydrogen-bond acceptors (Lipinski definition) is 7. The van der Waals surface area contributed by atoms with Crippen LogP contribution >= 0.6 is 0 Å². The number of carbonyl (C=O) groups excluding carboxylic acids is 4. The Labute approximate surface area is 172 Å². The van der Waals surface area contributed by atoms with Crippen molar-refractivity contribution in [2.75, 3.05) is 26.4 Å². The van der Waals surface area contributed by atoms with Gasteiger partial charge in [-0.2, -0.15) is 0 Å². The number of ether oxygens (including phenoxy) is 3. The zero-order valence-electron chi connectivity index (χ0n) is 16.1. The highest BCUT2D eigenvalue weighted by atomic mass is 16.6. The molecule has 0 fully saturated rings. The van der Waals surface area contributed by atoms with Crippen molar-refractivity contribution in [3.8, 4) is 11.5 Å². The second-order valence-corrected chi connectivity index (χ2v) is 6.85. The second kappa shape index (κ2) is 8.36. The molecule has 0 atom stereocenters. The largest absolute Gasteiger partial charge is 0.486 e. The normalized spacial score (nSPS) is 14.5. The van der Waals surface area contributed by atoms with Crippen LogP contribution in [0, 0.1) is 0 Å². The number of amides is 2. The van der Waals surface area contributed by atoms with Gasteiger partial charge in [-0.15, -0.1) is 0 Å². The summed E-state index contributed by atoms with van der Waals surface area (Å²) in [5.41, 5.74) is 1.10. The van der Waals surface area contributed by atoms with E-state index in [1.54, 1.807) is 42.5 Å². The first-order valence-corrected chi connectivity index (χ1v) is 9.58. The predicted octanol–water partition coefficient (Wildman–Crippen LogP) is 2.26. The molecule has 0 aromatic heterocycles. The van der Waals surface area contributed by atoms with E-state index in [-0.39, 0.29) is 37.0 Å². The van der Waals surface area contributed by atoms with Gasteiger partial charge in [0.05, 0.1) is 11.1 Å². The first kappa shape index (κ1) is 19.6. The molecule has 2 aromatic rings. The molecule has 0 saturated carbocycles. The number of hydrogen-bond donors (Lipinski definition) is 0. The van der Waals surface area contributed by atoms with Gasteiger partial charge in [0.1, 0.15) is 13.2 Å². The molecule has 2 aliphatic heterocycles. The fraction of sp³-hybridized carbons (Fsp3) is 0.273. The predicted molar refractivity (Wildman–Crippen MR) is 104 cm³/mol. The molecule has 8 heteroatoms. The number of imide groups is 1. The van der Waals surface area contributed by atoms with Crippen molar-refractivity contribution in [2.45, 2.75) is 12.8 Å². The Hall–Kier alpha value is -3.68. The number of esters is 1. The van der Waals surface area contributed by atoms with Gasteiger partial charge < -0.3 is 14.2 Å². The van der Waals surface area contributed by atoms with Gasteiger partial charge in [-0.3, -0.25) is 24.1 Å². The molecule has 2 heterocycles. The molecule has 154 valence electrons. The molecule has 0 N–H and O–H groups in total. The van der Waals surface area contributed by atoms with Crippen molar-refractivity contribution in [3.63, 3.8) is 0 Å². The minimum absolute atomic E-state index is 0.0121. The fourth-order valence-corrected chi connectivity index (χ4v) is 3.34. The van der Waals surface area contributed by atoms with Crippen LogP contribution in [-0.4, -0.2) is 54.8 Å².